The van der Waals surface area contributed by atoms with Crippen LogP contribution in [0.25, 0.3) is 0 Å². The number of nitrogens with two attached hydrogens (primary N) is 1. The van der Waals surface area contributed by atoms with Crippen LogP contribution in [0.5, 0.6) is 0 Å². The molecule has 0 aliphatic heterocycles. The Bertz CT molecular complexity index is 606. The summed E-state index contributed by atoms with van der Waals surface area (Å²) in [7, 11) is 0. The lowest BCUT2D eigenvalue weighted by atomic mass is 9.92. The number of benzene rings is 1. The zero-order valence-electron chi connectivity index (χ0n) is 10.6. The SMILES string of the molecule is NC1CCCc2cn(Cc3ccc(F)c(Br)c3)cc21. The molecule has 0 spiro atoms. The summed E-state index contributed by atoms with van der Waals surface area (Å²) in [5.41, 5.74) is 9.84. The molecule has 0 bridgehead atoms. The van der Waals surface area contributed by atoms with Gasteiger partial charge in [0.1, 0.15) is 5.82 Å². The fraction of sp³-hybridized carbons (Fsp3) is 0.333. The number of hydrogen-bond acceptors (Lipinski definition) is 1. The first kappa shape index (κ1) is 12.9. The summed E-state index contributed by atoms with van der Waals surface area (Å²) >= 11 is 3.22. The van der Waals surface area contributed by atoms with Gasteiger partial charge in [0.2, 0.25) is 0 Å². The molecule has 2 aromatic rings. The first-order valence-corrected chi connectivity index (χ1v) is 7.31. The largest absolute Gasteiger partial charge is 0.349 e. The highest BCUT2D eigenvalue weighted by molar-refractivity contribution is 9.10. The van der Waals surface area contributed by atoms with Crippen LogP contribution in [-0.4, -0.2) is 4.57 Å². The van der Waals surface area contributed by atoms with Gasteiger partial charge in [0.25, 0.3) is 0 Å². The maximum absolute atomic E-state index is 13.2. The Morgan fingerprint density at radius 1 is 1.37 bits per heavy atom. The predicted molar refractivity (Wildman–Crippen MR) is 77.5 cm³/mol. The van der Waals surface area contributed by atoms with Crippen molar-refractivity contribution < 1.29 is 4.39 Å². The standard InChI is InChI=1S/C15H16BrFN2/c16-13-6-10(4-5-14(13)17)7-19-8-11-2-1-3-15(18)12(11)9-19/h4-6,8-9,15H,1-3,7,18H2. The molecular formula is C15H16BrFN2. The fourth-order valence-corrected chi connectivity index (χ4v) is 3.15. The minimum absolute atomic E-state index is 0.171. The lowest BCUT2D eigenvalue weighted by molar-refractivity contribution is 0.573. The van der Waals surface area contributed by atoms with Gasteiger partial charge in [0, 0.05) is 25.0 Å². The van der Waals surface area contributed by atoms with E-state index in [2.05, 4.69) is 32.9 Å². The predicted octanol–water partition coefficient (Wildman–Crippen LogP) is 3.77. The average Bonchev–Trinajstić information content (AvgIpc) is 2.78. The third-order valence-electron chi connectivity index (χ3n) is 3.71. The minimum Gasteiger partial charge on any atom is -0.349 e. The molecule has 19 heavy (non-hydrogen) atoms. The second kappa shape index (κ2) is 5.10. The van der Waals surface area contributed by atoms with Gasteiger partial charge in [-0.2, -0.15) is 0 Å². The Morgan fingerprint density at radius 3 is 2.95 bits per heavy atom. The topological polar surface area (TPSA) is 30.9 Å². The van der Waals surface area contributed by atoms with Crippen molar-refractivity contribution in [2.75, 3.05) is 0 Å². The zero-order chi connectivity index (χ0) is 13.4. The zero-order valence-corrected chi connectivity index (χ0v) is 12.2. The molecule has 100 valence electrons. The van der Waals surface area contributed by atoms with Crippen LogP contribution in [0.15, 0.2) is 35.1 Å². The van der Waals surface area contributed by atoms with Crippen molar-refractivity contribution in [2.24, 2.45) is 5.73 Å². The molecule has 1 aromatic carbocycles. The van der Waals surface area contributed by atoms with Crippen LogP contribution < -0.4 is 5.73 Å². The van der Waals surface area contributed by atoms with Crippen molar-refractivity contribution in [1.29, 1.82) is 0 Å². The lowest BCUT2D eigenvalue weighted by Gasteiger charge is -2.17. The minimum atomic E-state index is -0.224. The van der Waals surface area contributed by atoms with Gasteiger partial charge < -0.3 is 10.3 Å². The third kappa shape index (κ3) is 2.60. The monoisotopic (exact) mass is 322 g/mol. The number of aryl methyl sites for hydroxylation is 1. The number of nitrogens with zero attached hydrogens (tertiary/aromatic N) is 1. The van der Waals surface area contributed by atoms with E-state index in [0.717, 1.165) is 24.9 Å². The number of fused-ring (bicyclic) bond motifs is 1. The number of halogens is 2. The van der Waals surface area contributed by atoms with Crippen molar-refractivity contribution in [3.05, 3.63) is 57.6 Å². The first-order valence-electron chi connectivity index (χ1n) is 6.51. The summed E-state index contributed by atoms with van der Waals surface area (Å²) in [5, 5.41) is 0. The van der Waals surface area contributed by atoms with Gasteiger partial charge in [-0.25, -0.2) is 4.39 Å². The van der Waals surface area contributed by atoms with Gasteiger partial charge in [0.05, 0.1) is 4.47 Å². The maximum Gasteiger partial charge on any atom is 0.137 e. The highest BCUT2D eigenvalue weighted by Gasteiger charge is 2.18. The molecule has 4 heteroatoms. The molecule has 1 heterocycles. The quantitative estimate of drug-likeness (QED) is 0.896. The van der Waals surface area contributed by atoms with Gasteiger partial charge in [-0.1, -0.05) is 6.07 Å². The van der Waals surface area contributed by atoms with Crippen LogP contribution >= 0.6 is 15.9 Å². The molecule has 1 unspecified atom stereocenters. The summed E-state index contributed by atoms with van der Waals surface area (Å²) in [6.45, 7) is 0.749. The van der Waals surface area contributed by atoms with Crippen molar-refractivity contribution in [1.82, 2.24) is 4.57 Å². The Kier molecular flexibility index (Phi) is 3.46. The number of hydrogen-bond donors (Lipinski definition) is 1. The molecule has 0 saturated carbocycles. The van der Waals surface area contributed by atoms with Crippen LogP contribution in [0.3, 0.4) is 0 Å². The highest BCUT2D eigenvalue weighted by Crippen LogP contribution is 2.29. The van der Waals surface area contributed by atoms with E-state index in [1.807, 2.05) is 12.1 Å². The molecule has 0 fully saturated rings. The van der Waals surface area contributed by atoms with Gasteiger partial charge >= 0.3 is 0 Å². The fourth-order valence-electron chi connectivity index (χ4n) is 2.72. The van der Waals surface area contributed by atoms with Crippen molar-refractivity contribution >= 4 is 15.9 Å². The highest BCUT2D eigenvalue weighted by atomic mass is 79.9. The van der Waals surface area contributed by atoms with Gasteiger partial charge in [-0.15, -0.1) is 0 Å². The van der Waals surface area contributed by atoms with Gasteiger partial charge in [0.15, 0.2) is 0 Å². The molecule has 1 aliphatic carbocycles. The van der Waals surface area contributed by atoms with Crippen LogP contribution in [0.4, 0.5) is 4.39 Å². The summed E-state index contributed by atoms with van der Waals surface area (Å²) in [6.07, 6.45) is 7.66. The van der Waals surface area contributed by atoms with Crippen LogP contribution in [0, 0.1) is 5.82 Å². The van der Waals surface area contributed by atoms with E-state index in [9.17, 15) is 4.39 Å². The van der Waals surface area contributed by atoms with Crippen LogP contribution in [0.1, 0.15) is 35.6 Å². The molecule has 1 aromatic heterocycles. The first-order chi connectivity index (χ1) is 9.13. The molecule has 1 aliphatic rings. The Morgan fingerprint density at radius 2 is 2.21 bits per heavy atom. The summed E-state index contributed by atoms with van der Waals surface area (Å²) < 4.78 is 15.9. The van der Waals surface area contributed by atoms with E-state index in [4.69, 9.17) is 5.73 Å². The van der Waals surface area contributed by atoms with Crippen molar-refractivity contribution in [3.63, 3.8) is 0 Å². The summed E-state index contributed by atoms with van der Waals surface area (Å²) in [5.74, 6) is -0.224. The summed E-state index contributed by atoms with van der Waals surface area (Å²) in [4.78, 5) is 0. The lowest BCUT2D eigenvalue weighted by Crippen LogP contribution is -2.15. The number of aromatic nitrogens is 1. The second-order valence-corrected chi connectivity index (χ2v) is 6.01. The van der Waals surface area contributed by atoms with E-state index < -0.39 is 0 Å². The van der Waals surface area contributed by atoms with Crippen molar-refractivity contribution in [2.45, 2.75) is 31.8 Å². The number of rotatable bonds is 2. The van der Waals surface area contributed by atoms with E-state index in [-0.39, 0.29) is 11.9 Å². The molecular weight excluding hydrogens is 307 g/mol. The smallest absolute Gasteiger partial charge is 0.137 e. The molecule has 0 saturated heterocycles. The molecule has 2 N–H and O–H groups in total. The van der Waals surface area contributed by atoms with Crippen LogP contribution in [0.2, 0.25) is 0 Å². The second-order valence-electron chi connectivity index (χ2n) is 5.16. The normalized spacial score (nSPS) is 18.4. The maximum atomic E-state index is 13.2. The van der Waals surface area contributed by atoms with Crippen LogP contribution in [-0.2, 0) is 13.0 Å². The van der Waals surface area contributed by atoms with E-state index >= 15 is 0 Å². The average molecular weight is 323 g/mol. The Hall–Kier alpha value is -1.13. The molecule has 1 atom stereocenters. The Balaban J connectivity index is 1.85. The summed E-state index contributed by atoms with van der Waals surface area (Å²) in [6, 6.07) is 5.31. The molecule has 0 amide bonds. The van der Waals surface area contributed by atoms with E-state index in [1.54, 1.807) is 0 Å². The van der Waals surface area contributed by atoms with Gasteiger partial charge in [-0.3, -0.25) is 0 Å². The molecule has 3 rings (SSSR count). The third-order valence-corrected chi connectivity index (χ3v) is 4.31. The Labute approximate surface area is 120 Å². The molecule has 2 nitrogen and oxygen atoms in total. The van der Waals surface area contributed by atoms with Gasteiger partial charge in [-0.05, 0) is 64.0 Å². The van der Waals surface area contributed by atoms with E-state index in [1.165, 1.54) is 23.6 Å². The molecule has 0 radical (unpaired) electrons. The van der Waals surface area contributed by atoms with Crippen molar-refractivity contribution in [3.8, 4) is 0 Å². The van der Waals surface area contributed by atoms with E-state index in [0.29, 0.717) is 4.47 Å².